The van der Waals surface area contributed by atoms with E-state index in [2.05, 4.69) is 5.32 Å². The molecule has 21 heavy (non-hydrogen) atoms. The molecule has 2 saturated heterocycles. The van der Waals surface area contributed by atoms with Crippen molar-refractivity contribution in [3.63, 3.8) is 0 Å². The number of nitrogens with one attached hydrogen (secondary N) is 1. The minimum Gasteiger partial charge on any atom is -0.461 e. The molecule has 0 bridgehead atoms. The van der Waals surface area contributed by atoms with Crippen molar-refractivity contribution < 1.29 is 9.21 Å². The highest BCUT2D eigenvalue weighted by Crippen LogP contribution is 2.27. The third-order valence-corrected chi connectivity index (χ3v) is 4.77. The predicted octanol–water partition coefficient (Wildman–Crippen LogP) is 2.57. The van der Waals surface area contributed by atoms with E-state index in [1.165, 1.54) is 12.8 Å². The Morgan fingerprint density at radius 2 is 2.24 bits per heavy atom. The Balaban J connectivity index is 1.58. The first-order valence-corrected chi connectivity index (χ1v) is 7.73. The molecule has 2 aromatic rings. The van der Waals surface area contributed by atoms with Gasteiger partial charge >= 0.3 is 0 Å². The normalized spacial score (nSPS) is 25.3. The lowest BCUT2D eigenvalue weighted by molar-refractivity contribution is 0.0786. The lowest BCUT2D eigenvalue weighted by Gasteiger charge is -2.24. The quantitative estimate of drug-likeness (QED) is 0.875. The topological polar surface area (TPSA) is 45.5 Å². The van der Waals surface area contributed by atoms with E-state index in [0.717, 1.165) is 41.9 Å². The third-order valence-electron chi connectivity index (χ3n) is 4.77. The maximum Gasteiger partial charge on any atom is 0.253 e. The van der Waals surface area contributed by atoms with Crippen LogP contribution in [0.4, 0.5) is 0 Å². The van der Waals surface area contributed by atoms with Crippen LogP contribution in [-0.4, -0.2) is 36.5 Å². The largest absolute Gasteiger partial charge is 0.461 e. The molecule has 110 valence electrons. The lowest BCUT2D eigenvalue weighted by atomic mass is 9.94. The maximum absolute atomic E-state index is 12.7. The smallest absolute Gasteiger partial charge is 0.253 e. The SMILES string of the molecule is Cc1cc2cc(C(=O)N3C[C@@H]4CCCN[C@@H]4C3)ccc2o1. The van der Waals surface area contributed by atoms with Gasteiger partial charge in [-0.15, -0.1) is 0 Å². The van der Waals surface area contributed by atoms with E-state index in [1.54, 1.807) is 0 Å². The Morgan fingerprint density at radius 3 is 3.10 bits per heavy atom. The summed E-state index contributed by atoms with van der Waals surface area (Å²) < 4.78 is 5.57. The second-order valence-electron chi connectivity index (χ2n) is 6.28. The molecular weight excluding hydrogens is 264 g/mol. The molecule has 0 aliphatic carbocycles. The minimum absolute atomic E-state index is 0.145. The second kappa shape index (κ2) is 4.88. The van der Waals surface area contributed by atoms with Crippen LogP contribution in [0.3, 0.4) is 0 Å². The summed E-state index contributed by atoms with van der Waals surface area (Å²) in [7, 11) is 0. The molecule has 0 unspecified atom stereocenters. The van der Waals surface area contributed by atoms with Crippen molar-refractivity contribution >= 4 is 16.9 Å². The fourth-order valence-electron chi connectivity index (χ4n) is 3.70. The molecule has 2 fully saturated rings. The van der Waals surface area contributed by atoms with Gasteiger partial charge in [-0.2, -0.15) is 0 Å². The maximum atomic E-state index is 12.7. The molecule has 1 amide bonds. The van der Waals surface area contributed by atoms with E-state index >= 15 is 0 Å². The monoisotopic (exact) mass is 284 g/mol. The molecule has 1 aromatic carbocycles. The van der Waals surface area contributed by atoms with Crippen LogP contribution in [0.5, 0.6) is 0 Å². The first-order chi connectivity index (χ1) is 10.2. The van der Waals surface area contributed by atoms with Crippen LogP contribution in [0, 0.1) is 12.8 Å². The Morgan fingerprint density at radius 1 is 1.33 bits per heavy atom. The van der Waals surface area contributed by atoms with Gasteiger partial charge in [-0.05, 0) is 56.5 Å². The van der Waals surface area contributed by atoms with Gasteiger partial charge in [0.2, 0.25) is 0 Å². The van der Waals surface area contributed by atoms with E-state index in [1.807, 2.05) is 36.1 Å². The van der Waals surface area contributed by atoms with E-state index < -0.39 is 0 Å². The average Bonchev–Trinajstić information content (AvgIpc) is 3.07. The van der Waals surface area contributed by atoms with Gasteiger partial charge in [-0.1, -0.05) is 0 Å². The van der Waals surface area contributed by atoms with Gasteiger partial charge in [0.05, 0.1) is 0 Å². The van der Waals surface area contributed by atoms with Crippen molar-refractivity contribution in [1.29, 1.82) is 0 Å². The molecule has 4 heteroatoms. The van der Waals surface area contributed by atoms with E-state index in [-0.39, 0.29) is 5.91 Å². The predicted molar refractivity (Wildman–Crippen MR) is 81.4 cm³/mol. The number of nitrogens with zero attached hydrogens (tertiary/aromatic N) is 1. The zero-order chi connectivity index (χ0) is 14.4. The number of hydrogen-bond acceptors (Lipinski definition) is 3. The van der Waals surface area contributed by atoms with Gasteiger partial charge in [0, 0.05) is 30.1 Å². The van der Waals surface area contributed by atoms with Gasteiger partial charge in [-0.25, -0.2) is 0 Å². The molecule has 2 atom stereocenters. The van der Waals surface area contributed by atoms with Crippen LogP contribution in [0.25, 0.3) is 11.0 Å². The third kappa shape index (κ3) is 2.23. The van der Waals surface area contributed by atoms with Gasteiger partial charge in [0.25, 0.3) is 5.91 Å². The Kier molecular flexibility index (Phi) is 3.00. The molecule has 2 aliphatic rings. The summed E-state index contributed by atoms with van der Waals surface area (Å²) in [6, 6.07) is 8.20. The highest BCUT2D eigenvalue weighted by Gasteiger charge is 2.36. The zero-order valence-electron chi connectivity index (χ0n) is 12.3. The molecule has 4 nitrogen and oxygen atoms in total. The first kappa shape index (κ1) is 12.9. The van der Waals surface area contributed by atoms with Crippen molar-refractivity contribution in [3.05, 3.63) is 35.6 Å². The Bertz CT molecular complexity index is 677. The van der Waals surface area contributed by atoms with Gasteiger partial charge in [0.15, 0.2) is 0 Å². The minimum atomic E-state index is 0.145. The number of likely N-dealkylation sites (tertiary alicyclic amines) is 1. The van der Waals surface area contributed by atoms with Crippen LogP contribution in [0.15, 0.2) is 28.7 Å². The van der Waals surface area contributed by atoms with Gasteiger partial charge in [-0.3, -0.25) is 4.79 Å². The molecule has 2 aliphatic heterocycles. The first-order valence-electron chi connectivity index (χ1n) is 7.73. The van der Waals surface area contributed by atoms with Crippen molar-refractivity contribution in [1.82, 2.24) is 10.2 Å². The molecule has 0 saturated carbocycles. The number of furan rings is 1. The summed E-state index contributed by atoms with van der Waals surface area (Å²) in [6.45, 7) is 4.74. The van der Waals surface area contributed by atoms with Crippen LogP contribution < -0.4 is 5.32 Å². The molecule has 1 N–H and O–H groups in total. The van der Waals surface area contributed by atoms with Crippen LogP contribution >= 0.6 is 0 Å². The number of rotatable bonds is 1. The number of benzene rings is 1. The van der Waals surface area contributed by atoms with Crippen molar-refractivity contribution in [3.8, 4) is 0 Å². The number of carbonyl (C=O) groups is 1. The number of amides is 1. The van der Waals surface area contributed by atoms with Crippen LogP contribution in [0.1, 0.15) is 29.0 Å². The van der Waals surface area contributed by atoms with E-state index in [4.69, 9.17) is 4.42 Å². The molecule has 0 spiro atoms. The molecule has 1 aromatic heterocycles. The van der Waals surface area contributed by atoms with Crippen molar-refractivity contribution in [2.45, 2.75) is 25.8 Å². The van der Waals surface area contributed by atoms with Crippen LogP contribution in [-0.2, 0) is 0 Å². The molecular formula is C17H20N2O2. The highest BCUT2D eigenvalue weighted by molar-refractivity contribution is 5.98. The summed E-state index contributed by atoms with van der Waals surface area (Å²) in [6.07, 6.45) is 2.46. The van der Waals surface area contributed by atoms with E-state index in [9.17, 15) is 4.79 Å². The fraction of sp³-hybridized carbons (Fsp3) is 0.471. The van der Waals surface area contributed by atoms with E-state index in [0.29, 0.717) is 12.0 Å². The standard InChI is InChI=1S/C17H20N2O2/c1-11-7-14-8-12(4-5-16(14)21-11)17(20)19-9-13-3-2-6-18-15(13)10-19/h4-5,7-8,13,15,18H,2-3,6,9-10H2,1H3/t13-,15+/m0/s1. The molecule has 3 heterocycles. The van der Waals surface area contributed by atoms with Crippen LogP contribution in [0.2, 0.25) is 0 Å². The molecule has 0 radical (unpaired) electrons. The van der Waals surface area contributed by atoms with Crippen molar-refractivity contribution in [2.24, 2.45) is 5.92 Å². The molecule has 4 rings (SSSR count). The average molecular weight is 284 g/mol. The number of hydrogen-bond donors (Lipinski definition) is 1. The number of fused-ring (bicyclic) bond motifs is 2. The second-order valence-corrected chi connectivity index (χ2v) is 6.28. The summed E-state index contributed by atoms with van der Waals surface area (Å²) in [5, 5.41) is 4.55. The van der Waals surface area contributed by atoms with Crippen molar-refractivity contribution in [2.75, 3.05) is 19.6 Å². The highest BCUT2D eigenvalue weighted by atomic mass is 16.3. The number of piperidine rings is 1. The van der Waals surface area contributed by atoms with Gasteiger partial charge < -0.3 is 14.6 Å². The number of carbonyl (C=O) groups excluding carboxylic acids is 1. The summed E-state index contributed by atoms with van der Waals surface area (Å²) in [4.78, 5) is 14.7. The Labute approximate surface area is 124 Å². The fourth-order valence-corrected chi connectivity index (χ4v) is 3.70. The summed E-state index contributed by atoms with van der Waals surface area (Å²) in [5.74, 6) is 1.65. The van der Waals surface area contributed by atoms with Gasteiger partial charge in [0.1, 0.15) is 11.3 Å². The zero-order valence-corrected chi connectivity index (χ0v) is 12.3. The number of aryl methyl sites for hydroxylation is 1. The summed E-state index contributed by atoms with van der Waals surface area (Å²) >= 11 is 0. The lowest BCUT2D eigenvalue weighted by Crippen LogP contribution is -2.41. The Hall–Kier alpha value is -1.81. The summed E-state index contributed by atoms with van der Waals surface area (Å²) in [5.41, 5.74) is 1.61.